The van der Waals surface area contributed by atoms with Crippen LogP contribution in [0.25, 0.3) is 0 Å². The van der Waals surface area contributed by atoms with Gasteiger partial charge >= 0.3 is 0 Å². The van der Waals surface area contributed by atoms with Crippen molar-refractivity contribution in [2.24, 2.45) is 17.6 Å². The average Bonchev–Trinajstić information content (AvgIpc) is 2.06. The Hall–Kier alpha value is -0.570. The van der Waals surface area contributed by atoms with Crippen molar-refractivity contribution < 1.29 is 4.79 Å². The predicted molar refractivity (Wildman–Crippen MR) is 51.0 cm³/mol. The molecule has 0 heterocycles. The molecule has 0 aromatic rings. The van der Waals surface area contributed by atoms with E-state index in [0.717, 1.165) is 19.3 Å². The van der Waals surface area contributed by atoms with E-state index in [-0.39, 0.29) is 17.9 Å². The van der Waals surface area contributed by atoms with Crippen LogP contribution in [0.1, 0.15) is 32.6 Å². The fraction of sp³-hybridized carbons (Fsp3) is 0.900. The molecule has 3 N–H and O–H groups in total. The molecule has 2 unspecified atom stereocenters. The molecule has 2 aliphatic carbocycles. The molecule has 2 fully saturated rings. The summed E-state index contributed by atoms with van der Waals surface area (Å²) in [6, 6.07) is 0.721. The molecule has 2 aliphatic rings. The fourth-order valence-electron chi connectivity index (χ4n) is 2.06. The second-order valence-corrected chi connectivity index (χ2v) is 4.60. The third kappa shape index (κ3) is 1.70. The maximum atomic E-state index is 11.6. The first kappa shape index (κ1) is 9.00. The van der Waals surface area contributed by atoms with Gasteiger partial charge in [0.05, 0.1) is 0 Å². The zero-order valence-electron chi connectivity index (χ0n) is 8.12. The number of nitrogens with two attached hydrogens (primary N) is 1. The molecule has 0 spiro atoms. The van der Waals surface area contributed by atoms with Crippen LogP contribution in [0.3, 0.4) is 0 Å². The molecular weight excluding hydrogens is 164 g/mol. The molecule has 0 saturated heterocycles. The molecule has 0 bridgehead atoms. The number of amides is 1. The minimum atomic E-state index is 0.211. The van der Waals surface area contributed by atoms with E-state index < -0.39 is 0 Å². The monoisotopic (exact) mass is 182 g/mol. The summed E-state index contributed by atoms with van der Waals surface area (Å²) in [5.74, 6) is 1.12. The lowest BCUT2D eigenvalue weighted by molar-refractivity contribution is -0.129. The third-order valence-electron chi connectivity index (χ3n) is 3.49. The molecule has 13 heavy (non-hydrogen) atoms. The van der Waals surface area contributed by atoms with Crippen molar-refractivity contribution in [1.82, 2.24) is 5.32 Å². The number of carbonyl (C=O) groups excluding carboxylic acids is 1. The first-order valence-corrected chi connectivity index (χ1v) is 5.22. The largest absolute Gasteiger partial charge is 0.353 e. The minimum absolute atomic E-state index is 0.211. The van der Waals surface area contributed by atoms with Crippen LogP contribution >= 0.6 is 0 Å². The van der Waals surface area contributed by atoms with Gasteiger partial charge in [-0.15, -0.1) is 0 Å². The standard InChI is InChI=1S/C10H18N2O/c1-6-2-3-9(6)12-10(13)7-4-8(11)5-7/h6-9H,2-5,11H2,1H3,(H,12,13). The van der Waals surface area contributed by atoms with E-state index in [4.69, 9.17) is 5.73 Å². The van der Waals surface area contributed by atoms with E-state index in [9.17, 15) is 4.79 Å². The number of hydrogen-bond donors (Lipinski definition) is 2. The molecule has 2 saturated carbocycles. The van der Waals surface area contributed by atoms with Crippen molar-refractivity contribution in [2.45, 2.75) is 44.7 Å². The van der Waals surface area contributed by atoms with Gasteiger partial charge in [-0.05, 0) is 31.6 Å². The van der Waals surface area contributed by atoms with Crippen LogP contribution in [0.2, 0.25) is 0 Å². The van der Waals surface area contributed by atoms with Gasteiger partial charge in [-0.2, -0.15) is 0 Å². The molecule has 0 aromatic carbocycles. The number of rotatable bonds is 2. The Balaban J connectivity index is 1.72. The lowest BCUT2D eigenvalue weighted by Crippen LogP contribution is -2.51. The summed E-state index contributed by atoms with van der Waals surface area (Å²) in [6.07, 6.45) is 4.18. The highest BCUT2D eigenvalue weighted by Gasteiger charge is 2.35. The minimum Gasteiger partial charge on any atom is -0.353 e. The average molecular weight is 182 g/mol. The van der Waals surface area contributed by atoms with Gasteiger partial charge in [0.1, 0.15) is 0 Å². The van der Waals surface area contributed by atoms with Crippen LogP contribution in [0, 0.1) is 11.8 Å². The molecule has 3 heteroatoms. The van der Waals surface area contributed by atoms with Crippen LogP contribution in [0.5, 0.6) is 0 Å². The smallest absolute Gasteiger partial charge is 0.223 e. The first-order chi connectivity index (χ1) is 6.16. The van der Waals surface area contributed by atoms with Crippen molar-refractivity contribution in [2.75, 3.05) is 0 Å². The van der Waals surface area contributed by atoms with Crippen LogP contribution < -0.4 is 11.1 Å². The Kier molecular flexibility index (Phi) is 2.28. The predicted octanol–water partition coefficient (Wildman–Crippen LogP) is 0.638. The molecule has 0 aromatic heterocycles. The molecule has 0 radical (unpaired) electrons. The Morgan fingerprint density at radius 3 is 2.46 bits per heavy atom. The van der Waals surface area contributed by atoms with Crippen LogP contribution in [0.4, 0.5) is 0 Å². The number of nitrogens with one attached hydrogen (secondary N) is 1. The van der Waals surface area contributed by atoms with Gasteiger partial charge in [-0.1, -0.05) is 6.92 Å². The highest BCUT2D eigenvalue weighted by Crippen LogP contribution is 2.29. The maximum absolute atomic E-state index is 11.6. The van der Waals surface area contributed by atoms with Gasteiger partial charge in [0.2, 0.25) is 5.91 Å². The maximum Gasteiger partial charge on any atom is 0.223 e. The second kappa shape index (κ2) is 3.29. The van der Waals surface area contributed by atoms with Crippen molar-refractivity contribution in [1.29, 1.82) is 0 Å². The topological polar surface area (TPSA) is 55.1 Å². The van der Waals surface area contributed by atoms with Gasteiger partial charge in [0, 0.05) is 18.0 Å². The lowest BCUT2D eigenvalue weighted by Gasteiger charge is -2.38. The second-order valence-electron chi connectivity index (χ2n) is 4.60. The molecule has 1 amide bonds. The summed E-state index contributed by atoms with van der Waals surface area (Å²) in [5, 5.41) is 3.09. The van der Waals surface area contributed by atoms with E-state index in [1.807, 2.05) is 0 Å². The van der Waals surface area contributed by atoms with Crippen molar-refractivity contribution in [3.05, 3.63) is 0 Å². The third-order valence-corrected chi connectivity index (χ3v) is 3.49. The van der Waals surface area contributed by atoms with Crippen LogP contribution in [-0.4, -0.2) is 18.0 Å². The van der Waals surface area contributed by atoms with E-state index in [0.29, 0.717) is 12.0 Å². The van der Waals surface area contributed by atoms with Crippen molar-refractivity contribution >= 4 is 5.91 Å². The SMILES string of the molecule is CC1CCC1NC(=O)C1CC(N)C1. The van der Waals surface area contributed by atoms with Gasteiger partial charge in [0.15, 0.2) is 0 Å². The summed E-state index contributed by atoms with van der Waals surface area (Å²) < 4.78 is 0. The van der Waals surface area contributed by atoms with Gasteiger partial charge in [-0.3, -0.25) is 4.79 Å². The first-order valence-electron chi connectivity index (χ1n) is 5.22. The molecule has 74 valence electrons. The quantitative estimate of drug-likeness (QED) is 0.658. The van der Waals surface area contributed by atoms with E-state index in [1.54, 1.807) is 0 Å². The number of hydrogen-bond acceptors (Lipinski definition) is 2. The lowest BCUT2D eigenvalue weighted by atomic mass is 9.77. The normalized spacial score (nSPS) is 43.2. The summed E-state index contributed by atoms with van der Waals surface area (Å²) in [7, 11) is 0. The summed E-state index contributed by atoms with van der Waals surface area (Å²) in [4.78, 5) is 11.6. The molecule has 2 atom stereocenters. The Morgan fingerprint density at radius 1 is 1.38 bits per heavy atom. The van der Waals surface area contributed by atoms with E-state index in [1.165, 1.54) is 6.42 Å². The Labute approximate surface area is 79.1 Å². The zero-order valence-corrected chi connectivity index (χ0v) is 8.12. The van der Waals surface area contributed by atoms with Gasteiger partial charge < -0.3 is 11.1 Å². The van der Waals surface area contributed by atoms with E-state index in [2.05, 4.69) is 12.2 Å². The van der Waals surface area contributed by atoms with E-state index >= 15 is 0 Å². The van der Waals surface area contributed by atoms with Gasteiger partial charge in [0.25, 0.3) is 0 Å². The highest BCUT2D eigenvalue weighted by molar-refractivity contribution is 5.80. The summed E-state index contributed by atoms with van der Waals surface area (Å²) in [5.41, 5.74) is 5.63. The molecule has 0 aliphatic heterocycles. The summed E-state index contributed by atoms with van der Waals surface area (Å²) >= 11 is 0. The van der Waals surface area contributed by atoms with Crippen LogP contribution in [0.15, 0.2) is 0 Å². The zero-order chi connectivity index (χ0) is 9.42. The Bertz CT molecular complexity index is 211. The molecule has 3 nitrogen and oxygen atoms in total. The van der Waals surface area contributed by atoms with Crippen LogP contribution in [-0.2, 0) is 4.79 Å². The van der Waals surface area contributed by atoms with Crippen molar-refractivity contribution in [3.8, 4) is 0 Å². The van der Waals surface area contributed by atoms with Gasteiger partial charge in [-0.25, -0.2) is 0 Å². The molecule has 2 rings (SSSR count). The molecular formula is C10H18N2O. The number of carbonyl (C=O) groups is 1. The van der Waals surface area contributed by atoms with Crippen molar-refractivity contribution in [3.63, 3.8) is 0 Å². The highest BCUT2D eigenvalue weighted by atomic mass is 16.2. The summed E-state index contributed by atoms with van der Waals surface area (Å²) in [6.45, 7) is 2.20. The fourth-order valence-corrected chi connectivity index (χ4v) is 2.06. The Morgan fingerprint density at radius 2 is 2.08 bits per heavy atom.